The average molecular weight is 230 g/mol. The predicted octanol–water partition coefficient (Wildman–Crippen LogP) is 1.97. The minimum Gasteiger partial charge on any atom is -0.496 e. The third kappa shape index (κ3) is 2.06. The summed E-state index contributed by atoms with van der Waals surface area (Å²) in [6.07, 6.45) is 1.61. The molecule has 0 saturated heterocycles. The fraction of sp³-hybridized carbons (Fsp3) is 0.231. The number of carbonyl (C=O) groups is 1. The first kappa shape index (κ1) is 11.4. The van der Waals surface area contributed by atoms with Gasteiger partial charge in [0.1, 0.15) is 11.4 Å². The molecule has 0 aliphatic carbocycles. The smallest absolute Gasteiger partial charge is 0.211 e. The molecule has 2 aromatic rings. The van der Waals surface area contributed by atoms with Gasteiger partial charge in [-0.05, 0) is 24.6 Å². The second-order valence-corrected chi connectivity index (χ2v) is 3.85. The van der Waals surface area contributed by atoms with Crippen molar-refractivity contribution in [1.82, 2.24) is 9.78 Å². The number of methoxy groups -OCH3 is 1. The van der Waals surface area contributed by atoms with E-state index in [0.717, 1.165) is 11.3 Å². The topological polar surface area (TPSA) is 44.1 Å². The average Bonchev–Trinajstić information content (AvgIpc) is 2.75. The van der Waals surface area contributed by atoms with Crippen LogP contribution in [0, 0.1) is 6.92 Å². The van der Waals surface area contributed by atoms with Crippen molar-refractivity contribution < 1.29 is 9.53 Å². The Morgan fingerprint density at radius 1 is 1.35 bits per heavy atom. The van der Waals surface area contributed by atoms with Crippen LogP contribution in [-0.4, -0.2) is 22.7 Å². The summed E-state index contributed by atoms with van der Waals surface area (Å²) in [5.74, 6) is 0.668. The van der Waals surface area contributed by atoms with Crippen molar-refractivity contribution in [3.63, 3.8) is 0 Å². The van der Waals surface area contributed by atoms with Crippen molar-refractivity contribution in [1.29, 1.82) is 0 Å². The molecule has 2 rings (SSSR count). The Morgan fingerprint density at radius 3 is 2.71 bits per heavy atom. The van der Waals surface area contributed by atoms with Gasteiger partial charge in [-0.3, -0.25) is 9.48 Å². The van der Waals surface area contributed by atoms with E-state index in [0.29, 0.717) is 11.3 Å². The maximum atomic E-state index is 12.2. The number of ether oxygens (including phenoxy) is 1. The quantitative estimate of drug-likeness (QED) is 0.757. The number of ketones is 1. The fourth-order valence-electron chi connectivity index (χ4n) is 1.71. The van der Waals surface area contributed by atoms with Crippen molar-refractivity contribution in [2.75, 3.05) is 7.11 Å². The molecule has 4 heteroatoms. The van der Waals surface area contributed by atoms with Gasteiger partial charge in [-0.1, -0.05) is 12.1 Å². The number of aromatic nitrogens is 2. The van der Waals surface area contributed by atoms with Crippen LogP contribution in [0.3, 0.4) is 0 Å². The molecule has 0 radical (unpaired) electrons. The Bertz CT molecular complexity index is 558. The molecule has 0 fully saturated rings. The summed E-state index contributed by atoms with van der Waals surface area (Å²) in [6, 6.07) is 7.13. The van der Waals surface area contributed by atoms with E-state index in [4.69, 9.17) is 4.74 Å². The number of hydrogen-bond donors (Lipinski definition) is 0. The van der Waals surface area contributed by atoms with Gasteiger partial charge < -0.3 is 4.74 Å². The molecule has 4 nitrogen and oxygen atoms in total. The molecule has 0 amide bonds. The molecular formula is C13H14N2O2. The Labute approximate surface area is 99.8 Å². The minimum atomic E-state index is -0.0525. The lowest BCUT2D eigenvalue weighted by molar-refractivity contribution is 0.103. The molecule has 0 aliphatic rings. The second-order valence-electron chi connectivity index (χ2n) is 3.85. The van der Waals surface area contributed by atoms with Crippen LogP contribution in [0.1, 0.15) is 21.6 Å². The van der Waals surface area contributed by atoms with Crippen molar-refractivity contribution >= 4 is 5.78 Å². The van der Waals surface area contributed by atoms with Crippen molar-refractivity contribution in [2.24, 2.45) is 7.05 Å². The van der Waals surface area contributed by atoms with Crippen LogP contribution in [0.15, 0.2) is 30.5 Å². The van der Waals surface area contributed by atoms with Crippen LogP contribution in [0.5, 0.6) is 5.75 Å². The SMILES string of the molecule is COc1cc(C(=O)c2ccnn2C)ccc1C. The molecule has 1 aromatic heterocycles. The maximum Gasteiger partial charge on any atom is 0.211 e. The normalized spacial score (nSPS) is 10.3. The lowest BCUT2D eigenvalue weighted by Gasteiger charge is -2.07. The number of nitrogens with zero attached hydrogens (tertiary/aromatic N) is 2. The molecule has 0 bridgehead atoms. The maximum absolute atomic E-state index is 12.2. The summed E-state index contributed by atoms with van der Waals surface area (Å²) in [5, 5.41) is 3.99. The zero-order valence-corrected chi connectivity index (χ0v) is 10.1. The third-order valence-corrected chi connectivity index (χ3v) is 2.72. The first-order chi connectivity index (χ1) is 8.13. The van der Waals surface area contributed by atoms with Crippen LogP contribution >= 0.6 is 0 Å². The number of carbonyl (C=O) groups excluding carboxylic acids is 1. The van der Waals surface area contributed by atoms with Crippen molar-refractivity contribution in [3.8, 4) is 5.75 Å². The van der Waals surface area contributed by atoms with E-state index < -0.39 is 0 Å². The van der Waals surface area contributed by atoms with Crippen LogP contribution in [-0.2, 0) is 7.05 Å². The Hall–Kier alpha value is -2.10. The molecule has 0 unspecified atom stereocenters. The molecule has 17 heavy (non-hydrogen) atoms. The van der Waals surface area contributed by atoms with E-state index >= 15 is 0 Å². The number of benzene rings is 1. The highest BCUT2D eigenvalue weighted by Gasteiger charge is 2.13. The Balaban J connectivity index is 2.41. The first-order valence-corrected chi connectivity index (χ1v) is 5.31. The van der Waals surface area contributed by atoms with Gasteiger partial charge in [-0.2, -0.15) is 5.10 Å². The fourth-order valence-corrected chi connectivity index (χ4v) is 1.71. The van der Waals surface area contributed by atoms with E-state index in [2.05, 4.69) is 5.10 Å². The van der Waals surface area contributed by atoms with Crippen molar-refractivity contribution in [2.45, 2.75) is 6.92 Å². The second kappa shape index (κ2) is 4.41. The van der Waals surface area contributed by atoms with E-state index in [1.165, 1.54) is 0 Å². The summed E-state index contributed by atoms with van der Waals surface area (Å²) in [7, 11) is 3.35. The van der Waals surface area contributed by atoms with Crippen LogP contribution < -0.4 is 4.74 Å². The number of aryl methyl sites for hydroxylation is 2. The van der Waals surface area contributed by atoms with Gasteiger partial charge in [0.05, 0.1) is 7.11 Å². The lowest BCUT2D eigenvalue weighted by Crippen LogP contribution is -2.08. The third-order valence-electron chi connectivity index (χ3n) is 2.72. The summed E-state index contributed by atoms with van der Waals surface area (Å²) in [6.45, 7) is 1.94. The monoisotopic (exact) mass is 230 g/mol. The largest absolute Gasteiger partial charge is 0.496 e. The molecule has 1 aromatic carbocycles. The summed E-state index contributed by atoms with van der Waals surface area (Å²) in [4.78, 5) is 12.2. The van der Waals surface area contributed by atoms with Crippen LogP contribution in [0.25, 0.3) is 0 Å². The number of hydrogen-bond acceptors (Lipinski definition) is 3. The predicted molar refractivity (Wildman–Crippen MR) is 64.4 cm³/mol. The standard InChI is InChI=1S/C13H14N2O2/c1-9-4-5-10(8-12(9)17-3)13(16)11-6-7-14-15(11)2/h4-8H,1-3H3. The highest BCUT2D eigenvalue weighted by molar-refractivity contribution is 6.08. The van der Waals surface area contributed by atoms with Gasteiger partial charge in [0, 0.05) is 18.8 Å². The molecule has 0 atom stereocenters. The molecule has 0 saturated carbocycles. The van der Waals surface area contributed by atoms with Gasteiger partial charge in [0.15, 0.2) is 0 Å². The summed E-state index contributed by atoms with van der Waals surface area (Å²) in [5.41, 5.74) is 2.18. The molecule has 0 spiro atoms. The van der Waals surface area contributed by atoms with E-state index in [9.17, 15) is 4.79 Å². The van der Waals surface area contributed by atoms with E-state index in [1.54, 1.807) is 43.2 Å². The number of rotatable bonds is 3. The van der Waals surface area contributed by atoms with Crippen LogP contribution in [0.4, 0.5) is 0 Å². The first-order valence-electron chi connectivity index (χ1n) is 5.31. The van der Waals surface area contributed by atoms with Crippen molar-refractivity contribution in [3.05, 3.63) is 47.3 Å². The summed E-state index contributed by atoms with van der Waals surface area (Å²) < 4.78 is 6.77. The van der Waals surface area contributed by atoms with E-state index in [1.807, 2.05) is 13.0 Å². The highest BCUT2D eigenvalue weighted by atomic mass is 16.5. The molecular weight excluding hydrogens is 216 g/mol. The zero-order chi connectivity index (χ0) is 12.4. The minimum absolute atomic E-state index is 0.0525. The zero-order valence-electron chi connectivity index (χ0n) is 10.1. The van der Waals surface area contributed by atoms with Gasteiger partial charge in [0.25, 0.3) is 0 Å². The van der Waals surface area contributed by atoms with Gasteiger partial charge >= 0.3 is 0 Å². The Morgan fingerprint density at radius 2 is 2.12 bits per heavy atom. The Kier molecular flexibility index (Phi) is 2.95. The van der Waals surface area contributed by atoms with Gasteiger partial charge in [-0.15, -0.1) is 0 Å². The van der Waals surface area contributed by atoms with Gasteiger partial charge in [0.2, 0.25) is 5.78 Å². The highest BCUT2D eigenvalue weighted by Crippen LogP contribution is 2.20. The lowest BCUT2D eigenvalue weighted by atomic mass is 10.1. The molecule has 0 aliphatic heterocycles. The summed E-state index contributed by atoms with van der Waals surface area (Å²) >= 11 is 0. The van der Waals surface area contributed by atoms with Crippen LogP contribution in [0.2, 0.25) is 0 Å². The van der Waals surface area contributed by atoms with E-state index in [-0.39, 0.29) is 5.78 Å². The molecule has 1 heterocycles. The molecule has 0 N–H and O–H groups in total. The van der Waals surface area contributed by atoms with Gasteiger partial charge in [-0.25, -0.2) is 0 Å². The molecule has 88 valence electrons.